The summed E-state index contributed by atoms with van der Waals surface area (Å²) in [5.41, 5.74) is 4.90. The van der Waals surface area contributed by atoms with Gasteiger partial charge in [0.05, 0.1) is 30.5 Å². The first-order valence-corrected chi connectivity index (χ1v) is 8.43. The highest BCUT2D eigenvalue weighted by molar-refractivity contribution is 5.93. The Kier molecular flexibility index (Phi) is 5.61. The van der Waals surface area contributed by atoms with Gasteiger partial charge in [0.1, 0.15) is 5.75 Å². The molecule has 1 unspecified atom stereocenters. The van der Waals surface area contributed by atoms with Crippen LogP contribution in [0.25, 0.3) is 22.2 Å². The third-order valence-corrected chi connectivity index (χ3v) is 4.44. The SMILES string of the molecule is Cl.OCC(O)CNc1cc(-c2ccc3c(c2)CCO3)nc2ccccc12. The number of nitrogens with zero attached hydrogens (tertiary/aromatic N) is 1. The highest BCUT2D eigenvalue weighted by atomic mass is 35.5. The van der Waals surface area contributed by atoms with Gasteiger partial charge in [-0.1, -0.05) is 18.2 Å². The molecule has 2 aromatic carbocycles. The summed E-state index contributed by atoms with van der Waals surface area (Å²) in [5, 5.41) is 22.9. The Balaban J connectivity index is 0.00000196. The fourth-order valence-corrected chi connectivity index (χ4v) is 3.11. The van der Waals surface area contributed by atoms with Crippen molar-refractivity contribution in [2.75, 3.05) is 25.1 Å². The maximum Gasteiger partial charge on any atom is 0.122 e. The fraction of sp³-hybridized carbons (Fsp3) is 0.250. The van der Waals surface area contributed by atoms with Crippen molar-refractivity contribution >= 4 is 29.0 Å². The zero-order valence-electron chi connectivity index (χ0n) is 14.2. The Labute approximate surface area is 158 Å². The summed E-state index contributed by atoms with van der Waals surface area (Å²) in [4.78, 5) is 4.79. The average molecular weight is 373 g/mol. The first-order chi connectivity index (χ1) is 12.2. The van der Waals surface area contributed by atoms with E-state index in [1.54, 1.807) is 0 Å². The Hall–Kier alpha value is -2.34. The van der Waals surface area contributed by atoms with Gasteiger partial charge in [0.15, 0.2) is 0 Å². The predicted octanol–water partition coefficient (Wildman–Crippen LogP) is 3.02. The lowest BCUT2D eigenvalue weighted by atomic mass is 10.0. The number of hydrogen-bond donors (Lipinski definition) is 3. The van der Waals surface area contributed by atoms with Crippen LogP contribution in [0.1, 0.15) is 5.56 Å². The first kappa shape index (κ1) is 18.5. The lowest BCUT2D eigenvalue weighted by Gasteiger charge is -2.14. The first-order valence-electron chi connectivity index (χ1n) is 8.43. The molecule has 3 N–H and O–H groups in total. The Morgan fingerprint density at radius 2 is 2.00 bits per heavy atom. The zero-order valence-corrected chi connectivity index (χ0v) is 15.0. The number of benzene rings is 2. The van der Waals surface area contributed by atoms with Gasteiger partial charge in [0.2, 0.25) is 0 Å². The number of rotatable bonds is 5. The molecule has 0 fully saturated rings. The van der Waals surface area contributed by atoms with Gasteiger partial charge >= 0.3 is 0 Å². The van der Waals surface area contributed by atoms with Gasteiger partial charge in [-0.2, -0.15) is 0 Å². The van der Waals surface area contributed by atoms with Crippen molar-refractivity contribution in [3.63, 3.8) is 0 Å². The highest BCUT2D eigenvalue weighted by Gasteiger charge is 2.14. The van der Waals surface area contributed by atoms with E-state index in [1.165, 1.54) is 5.56 Å². The lowest BCUT2D eigenvalue weighted by Crippen LogP contribution is -2.23. The molecule has 0 amide bonds. The summed E-state index contributed by atoms with van der Waals surface area (Å²) >= 11 is 0. The van der Waals surface area contributed by atoms with Gasteiger partial charge in [0, 0.05) is 29.6 Å². The van der Waals surface area contributed by atoms with E-state index < -0.39 is 6.10 Å². The largest absolute Gasteiger partial charge is 0.493 e. The number of aliphatic hydroxyl groups excluding tert-OH is 2. The third kappa shape index (κ3) is 3.60. The number of fused-ring (bicyclic) bond motifs is 2. The molecule has 1 aliphatic heterocycles. The van der Waals surface area contributed by atoms with Crippen molar-refractivity contribution in [1.29, 1.82) is 0 Å². The van der Waals surface area contributed by atoms with Crippen molar-refractivity contribution in [1.82, 2.24) is 4.98 Å². The maximum absolute atomic E-state index is 9.64. The molecule has 0 spiro atoms. The smallest absolute Gasteiger partial charge is 0.122 e. The monoisotopic (exact) mass is 372 g/mol. The molecule has 0 radical (unpaired) electrons. The molecule has 4 rings (SSSR count). The minimum atomic E-state index is -0.799. The molecule has 1 aromatic heterocycles. The zero-order chi connectivity index (χ0) is 17.2. The number of anilines is 1. The van der Waals surface area contributed by atoms with E-state index in [-0.39, 0.29) is 25.6 Å². The number of hydrogen-bond acceptors (Lipinski definition) is 5. The number of nitrogens with one attached hydrogen (secondary N) is 1. The molecule has 0 saturated heterocycles. The molecule has 2 heterocycles. The van der Waals surface area contributed by atoms with Crippen LogP contribution in [0.3, 0.4) is 0 Å². The molecule has 26 heavy (non-hydrogen) atoms. The Bertz CT molecular complexity index is 917. The molecule has 0 aliphatic carbocycles. The van der Waals surface area contributed by atoms with Crippen molar-refractivity contribution in [2.24, 2.45) is 0 Å². The maximum atomic E-state index is 9.64. The van der Waals surface area contributed by atoms with E-state index in [4.69, 9.17) is 14.8 Å². The number of ether oxygens (including phenoxy) is 1. The van der Waals surface area contributed by atoms with Crippen LogP contribution >= 0.6 is 12.4 Å². The molecule has 136 valence electrons. The highest BCUT2D eigenvalue weighted by Crippen LogP contribution is 2.32. The summed E-state index contributed by atoms with van der Waals surface area (Å²) < 4.78 is 5.58. The molecule has 0 bridgehead atoms. The second-order valence-electron chi connectivity index (χ2n) is 6.21. The standard InChI is InChI=1S/C20H20N2O3.ClH/c23-12-15(24)11-21-19-10-18(22-17-4-2-1-3-16(17)19)13-5-6-20-14(9-13)7-8-25-20;/h1-6,9-10,15,23-24H,7-8,11-12H2,(H,21,22);1H. The van der Waals surface area contributed by atoms with Gasteiger partial charge in [0.25, 0.3) is 0 Å². The molecule has 6 heteroatoms. The second-order valence-corrected chi connectivity index (χ2v) is 6.21. The van der Waals surface area contributed by atoms with E-state index in [0.717, 1.165) is 46.6 Å². The van der Waals surface area contributed by atoms with Crippen LogP contribution in [-0.2, 0) is 6.42 Å². The topological polar surface area (TPSA) is 74.6 Å². The summed E-state index contributed by atoms with van der Waals surface area (Å²) in [6, 6.07) is 16.0. The van der Waals surface area contributed by atoms with Crippen LogP contribution in [0.5, 0.6) is 5.75 Å². The van der Waals surface area contributed by atoms with Crippen LogP contribution in [-0.4, -0.2) is 41.1 Å². The van der Waals surface area contributed by atoms with E-state index in [9.17, 15) is 5.11 Å². The molecular weight excluding hydrogens is 352 g/mol. The van der Waals surface area contributed by atoms with Crippen LogP contribution < -0.4 is 10.1 Å². The fourth-order valence-electron chi connectivity index (χ4n) is 3.11. The normalized spacial score (nSPS) is 13.6. The van der Waals surface area contributed by atoms with E-state index in [2.05, 4.69) is 11.4 Å². The summed E-state index contributed by atoms with van der Waals surface area (Å²) in [7, 11) is 0. The molecule has 1 atom stereocenters. The van der Waals surface area contributed by atoms with Crippen molar-refractivity contribution in [3.8, 4) is 17.0 Å². The summed E-state index contributed by atoms with van der Waals surface area (Å²) in [6.07, 6.45) is 0.123. The number of aromatic nitrogens is 1. The summed E-state index contributed by atoms with van der Waals surface area (Å²) in [5.74, 6) is 0.953. The van der Waals surface area contributed by atoms with Crippen molar-refractivity contribution in [2.45, 2.75) is 12.5 Å². The van der Waals surface area contributed by atoms with Crippen LogP contribution in [0.2, 0.25) is 0 Å². The minimum Gasteiger partial charge on any atom is -0.493 e. The summed E-state index contributed by atoms with van der Waals surface area (Å²) in [6.45, 7) is 0.742. The van der Waals surface area contributed by atoms with Crippen molar-refractivity contribution < 1.29 is 14.9 Å². The lowest BCUT2D eigenvalue weighted by molar-refractivity contribution is 0.105. The minimum absolute atomic E-state index is 0. The Morgan fingerprint density at radius 1 is 1.15 bits per heavy atom. The molecule has 1 aliphatic rings. The van der Waals surface area contributed by atoms with E-state index in [0.29, 0.717) is 0 Å². The number of pyridine rings is 1. The van der Waals surface area contributed by atoms with Crippen molar-refractivity contribution in [3.05, 3.63) is 54.1 Å². The molecule has 3 aromatic rings. The van der Waals surface area contributed by atoms with Crippen LogP contribution in [0.15, 0.2) is 48.5 Å². The number of aliphatic hydroxyl groups is 2. The van der Waals surface area contributed by atoms with E-state index >= 15 is 0 Å². The Morgan fingerprint density at radius 3 is 2.85 bits per heavy atom. The van der Waals surface area contributed by atoms with Gasteiger partial charge in [-0.05, 0) is 35.9 Å². The van der Waals surface area contributed by atoms with Gasteiger partial charge in [-0.25, -0.2) is 4.98 Å². The average Bonchev–Trinajstić information content (AvgIpc) is 3.13. The number of halogens is 1. The molecule has 0 saturated carbocycles. The number of para-hydroxylation sites is 1. The van der Waals surface area contributed by atoms with Gasteiger partial charge in [-0.15, -0.1) is 12.4 Å². The van der Waals surface area contributed by atoms with Crippen LogP contribution in [0.4, 0.5) is 5.69 Å². The van der Waals surface area contributed by atoms with Crippen LogP contribution in [0, 0.1) is 0 Å². The molecule has 5 nitrogen and oxygen atoms in total. The van der Waals surface area contributed by atoms with E-state index in [1.807, 2.05) is 42.5 Å². The van der Waals surface area contributed by atoms with Gasteiger partial charge in [-0.3, -0.25) is 0 Å². The quantitative estimate of drug-likeness (QED) is 0.642. The second kappa shape index (κ2) is 7.91. The third-order valence-electron chi connectivity index (χ3n) is 4.44. The predicted molar refractivity (Wildman–Crippen MR) is 105 cm³/mol. The molecular formula is C20H21ClN2O3. The van der Waals surface area contributed by atoms with Gasteiger partial charge < -0.3 is 20.3 Å².